The summed E-state index contributed by atoms with van der Waals surface area (Å²) in [6.07, 6.45) is -2.41. The summed E-state index contributed by atoms with van der Waals surface area (Å²) in [5, 5.41) is 5.35. The maximum absolute atomic E-state index is 12.6. The molecule has 0 aromatic heterocycles. The summed E-state index contributed by atoms with van der Waals surface area (Å²) < 4.78 is 26.4. The van der Waals surface area contributed by atoms with Gasteiger partial charge in [0.05, 0.1) is 0 Å². The number of amides is 2. The second kappa shape index (κ2) is 11.7. The van der Waals surface area contributed by atoms with E-state index in [0.29, 0.717) is 0 Å². The molecule has 5 atom stereocenters. The molecule has 0 aromatic rings. The molecule has 2 fully saturated rings. The van der Waals surface area contributed by atoms with Crippen molar-refractivity contribution in [2.75, 3.05) is 0 Å². The second-order valence-electron chi connectivity index (χ2n) is 7.71. The number of hydrogen-bond donors (Lipinski definition) is 2. The number of hydrogen-bond acceptors (Lipinski definition) is 10. The number of carbonyl (C=O) groups is 5. The summed E-state index contributed by atoms with van der Waals surface area (Å²) in [6.45, 7) is 4.41. The molecule has 0 unspecified atom stereocenters. The van der Waals surface area contributed by atoms with Crippen molar-refractivity contribution in [3.05, 3.63) is 0 Å². The Morgan fingerprint density at radius 3 is 1.69 bits per heavy atom. The van der Waals surface area contributed by atoms with E-state index < -0.39 is 60.7 Å². The van der Waals surface area contributed by atoms with Gasteiger partial charge in [-0.05, 0) is 12.8 Å². The Morgan fingerprint density at radius 1 is 0.656 bits per heavy atom. The number of carbonyl (C=O) groups excluding carboxylic acids is 5. The molecule has 0 radical (unpaired) electrons. The fraction of sp³-hybridized carbons (Fsp3) is 0.750. The van der Waals surface area contributed by atoms with Gasteiger partial charge in [-0.3, -0.25) is 19.2 Å². The molecule has 2 rings (SSSR count). The van der Waals surface area contributed by atoms with E-state index in [1.807, 2.05) is 0 Å². The number of urea groups is 1. The first-order valence-electron chi connectivity index (χ1n) is 10.5. The van der Waals surface area contributed by atoms with Gasteiger partial charge in [-0.2, -0.15) is 0 Å². The molecule has 32 heavy (non-hydrogen) atoms. The van der Waals surface area contributed by atoms with Crippen LogP contribution in [0.15, 0.2) is 0 Å². The third kappa shape index (κ3) is 7.66. The van der Waals surface area contributed by atoms with Crippen LogP contribution in [0.25, 0.3) is 0 Å². The second-order valence-corrected chi connectivity index (χ2v) is 7.71. The summed E-state index contributed by atoms with van der Waals surface area (Å²) in [5.74, 6) is -3.10. The van der Waals surface area contributed by atoms with Crippen LogP contribution in [0.2, 0.25) is 0 Å². The number of ether oxygens (including phenoxy) is 5. The van der Waals surface area contributed by atoms with Crippen molar-refractivity contribution >= 4 is 29.9 Å². The number of rotatable bonds is 6. The molecule has 1 aliphatic carbocycles. The molecule has 0 spiro atoms. The molecule has 2 amide bonds. The van der Waals surface area contributed by atoms with Gasteiger partial charge in [-0.1, -0.05) is 19.3 Å². The van der Waals surface area contributed by atoms with Crippen molar-refractivity contribution in [3.63, 3.8) is 0 Å². The van der Waals surface area contributed by atoms with Gasteiger partial charge < -0.3 is 34.3 Å². The number of nitrogens with one attached hydrogen (secondary N) is 2. The highest BCUT2D eigenvalue weighted by Gasteiger charge is 2.53. The Morgan fingerprint density at radius 2 is 1.16 bits per heavy atom. The van der Waals surface area contributed by atoms with Crippen LogP contribution in [0, 0.1) is 0 Å². The first-order chi connectivity index (χ1) is 15.1. The van der Waals surface area contributed by atoms with Crippen molar-refractivity contribution in [3.8, 4) is 0 Å². The molecule has 12 nitrogen and oxygen atoms in total. The summed E-state index contributed by atoms with van der Waals surface area (Å²) in [4.78, 5) is 59.3. The minimum atomic E-state index is -1.53. The normalized spacial score (nSPS) is 28.1. The van der Waals surface area contributed by atoms with Crippen molar-refractivity contribution in [1.29, 1.82) is 0 Å². The van der Waals surface area contributed by atoms with Crippen LogP contribution >= 0.6 is 0 Å². The molecule has 2 aliphatic rings. The van der Waals surface area contributed by atoms with E-state index in [2.05, 4.69) is 10.6 Å². The van der Waals surface area contributed by atoms with Gasteiger partial charge in [0, 0.05) is 33.7 Å². The van der Waals surface area contributed by atoms with Crippen LogP contribution in [0.4, 0.5) is 4.79 Å². The highest BCUT2D eigenvalue weighted by atomic mass is 16.7. The van der Waals surface area contributed by atoms with Crippen molar-refractivity contribution in [2.45, 2.75) is 96.7 Å². The van der Waals surface area contributed by atoms with Crippen molar-refractivity contribution in [1.82, 2.24) is 10.6 Å². The molecule has 2 N–H and O–H groups in total. The van der Waals surface area contributed by atoms with Crippen LogP contribution < -0.4 is 10.6 Å². The average Bonchev–Trinajstić information content (AvgIpc) is 2.66. The largest absolute Gasteiger partial charge is 0.454 e. The fourth-order valence-electron chi connectivity index (χ4n) is 3.75. The van der Waals surface area contributed by atoms with Gasteiger partial charge in [0.25, 0.3) is 0 Å². The third-order valence-electron chi connectivity index (χ3n) is 4.90. The van der Waals surface area contributed by atoms with Crippen LogP contribution in [0.5, 0.6) is 0 Å². The molecule has 12 heteroatoms. The van der Waals surface area contributed by atoms with E-state index >= 15 is 0 Å². The standard InChI is InChI=1S/C20H30N2O10/c1-10(23)28-15-16(29-11(2)24)18(22-20(27)21-14-8-6-5-7-9-14)32-19(31-13(4)26)17(15)30-12(3)25/h14-19H,5-9H2,1-4H3,(H2,21,22,27)/t15-,16-,17+,18+,19+/m1/s1. The van der Waals surface area contributed by atoms with Crippen molar-refractivity contribution in [2.24, 2.45) is 0 Å². The average molecular weight is 458 g/mol. The van der Waals surface area contributed by atoms with Gasteiger partial charge in [-0.25, -0.2) is 4.79 Å². The van der Waals surface area contributed by atoms with Crippen LogP contribution in [-0.4, -0.2) is 66.8 Å². The monoisotopic (exact) mass is 458 g/mol. The third-order valence-corrected chi connectivity index (χ3v) is 4.90. The molecule has 0 aromatic carbocycles. The lowest BCUT2D eigenvalue weighted by Crippen LogP contribution is -2.66. The maximum atomic E-state index is 12.6. The molecular weight excluding hydrogens is 428 g/mol. The summed E-state index contributed by atoms with van der Waals surface area (Å²) in [6, 6.07) is -0.630. The van der Waals surface area contributed by atoms with E-state index in [1.165, 1.54) is 0 Å². The van der Waals surface area contributed by atoms with E-state index in [1.54, 1.807) is 0 Å². The quantitative estimate of drug-likeness (QED) is 0.428. The van der Waals surface area contributed by atoms with Gasteiger partial charge >= 0.3 is 29.9 Å². The van der Waals surface area contributed by atoms with Crippen LogP contribution in [-0.2, 0) is 42.9 Å². The summed E-state index contributed by atoms with van der Waals surface area (Å²) in [7, 11) is 0. The molecule has 1 aliphatic heterocycles. The first-order valence-corrected chi connectivity index (χ1v) is 10.5. The lowest BCUT2D eigenvalue weighted by atomic mass is 9.96. The van der Waals surface area contributed by atoms with E-state index in [4.69, 9.17) is 23.7 Å². The van der Waals surface area contributed by atoms with E-state index in [0.717, 1.165) is 59.8 Å². The zero-order valence-corrected chi connectivity index (χ0v) is 18.6. The SMILES string of the molecule is CC(=O)O[C@H]1O[C@H](NC(=O)NC2CCCCC2)[C@H](OC(C)=O)[C@@H](OC(C)=O)[C@@H]1OC(C)=O. The van der Waals surface area contributed by atoms with Crippen molar-refractivity contribution < 1.29 is 47.7 Å². The highest BCUT2D eigenvalue weighted by molar-refractivity contribution is 5.75. The molecular formula is C20H30N2O10. The lowest BCUT2D eigenvalue weighted by Gasteiger charge is -2.43. The van der Waals surface area contributed by atoms with E-state index in [9.17, 15) is 24.0 Å². The maximum Gasteiger partial charge on any atom is 0.317 e. The minimum absolute atomic E-state index is 0.0261. The topological polar surface area (TPSA) is 156 Å². The Hall–Kier alpha value is -2.89. The predicted octanol–water partition coefficient (Wildman–Crippen LogP) is 0.659. The molecule has 1 saturated heterocycles. The minimum Gasteiger partial charge on any atom is -0.454 e. The molecule has 0 bridgehead atoms. The van der Waals surface area contributed by atoms with Crippen LogP contribution in [0.1, 0.15) is 59.8 Å². The molecule has 1 heterocycles. The van der Waals surface area contributed by atoms with Gasteiger partial charge in [-0.15, -0.1) is 0 Å². The Kier molecular flexibility index (Phi) is 9.24. The summed E-state index contributed by atoms with van der Waals surface area (Å²) in [5.41, 5.74) is 0. The zero-order chi connectivity index (χ0) is 23.8. The Bertz CT molecular complexity index is 721. The Balaban J connectivity index is 2.29. The van der Waals surface area contributed by atoms with Gasteiger partial charge in [0.15, 0.2) is 18.4 Å². The highest BCUT2D eigenvalue weighted by Crippen LogP contribution is 2.29. The first kappa shape index (κ1) is 25.4. The number of esters is 4. The lowest BCUT2D eigenvalue weighted by molar-refractivity contribution is -0.298. The summed E-state index contributed by atoms with van der Waals surface area (Å²) >= 11 is 0. The Labute approximate surface area is 185 Å². The van der Waals surface area contributed by atoms with E-state index in [-0.39, 0.29) is 6.04 Å². The van der Waals surface area contributed by atoms with Gasteiger partial charge in [0.2, 0.25) is 12.4 Å². The van der Waals surface area contributed by atoms with Crippen LogP contribution in [0.3, 0.4) is 0 Å². The molecule has 180 valence electrons. The smallest absolute Gasteiger partial charge is 0.317 e. The predicted molar refractivity (Wildman–Crippen MR) is 106 cm³/mol. The fourth-order valence-corrected chi connectivity index (χ4v) is 3.75. The van der Waals surface area contributed by atoms with Gasteiger partial charge in [0.1, 0.15) is 0 Å². The molecule has 1 saturated carbocycles. The zero-order valence-electron chi connectivity index (χ0n) is 18.6.